The maximum atomic E-state index is 12.6. The summed E-state index contributed by atoms with van der Waals surface area (Å²) in [5.74, 6) is 0.339. The summed E-state index contributed by atoms with van der Waals surface area (Å²) >= 11 is 0. The molecule has 0 N–H and O–H groups in total. The Morgan fingerprint density at radius 2 is 1.93 bits per heavy atom. The standard InChI is InChI=1S/C23H24O4/c1-13-20-15(3)23(4)14(2)18(26-22(25)16-8-6-5-7-9-16)11-10-17(23)12-19(20)27-21(13)24/h5-10,12,14-15,18H,11H2,1-4H3/t14-,15-,18-,23-/m0/s1. The molecule has 2 aliphatic carbocycles. The number of rotatable bonds is 2. The van der Waals surface area contributed by atoms with Crippen LogP contribution < -0.4 is 0 Å². The Morgan fingerprint density at radius 1 is 1.22 bits per heavy atom. The first-order valence-electron chi connectivity index (χ1n) is 9.45. The first-order chi connectivity index (χ1) is 12.8. The minimum absolute atomic E-state index is 0.100. The molecule has 0 unspecified atom stereocenters. The van der Waals surface area contributed by atoms with Crippen molar-refractivity contribution >= 4 is 11.9 Å². The van der Waals surface area contributed by atoms with Crippen molar-refractivity contribution in [3.63, 3.8) is 0 Å². The molecular formula is C23H24O4. The van der Waals surface area contributed by atoms with Crippen LogP contribution in [0, 0.1) is 17.3 Å². The van der Waals surface area contributed by atoms with Crippen LogP contribution in [-0.2, 0) is 14.3 Å². The summed E-state index contributed by atoms with van der Waals surface area (Å²) < 4.78 is 11.3. The van der Waals surface area contributed by atoms with E-state index in [9.17, 15) is 9.59 Å². The zero-order valence-electron chi connectivity index (χ0n) is 16.1. The third-order valence-corrected chi connectivity index (χ3v) is 6.76. The maximum absolute atomic E-state index is 12.6. The van der Waals surface area contributed by atoms with E-state index >= 15 is 0 Å². The molecule has 0 amide bonds. The van der Waals surface area contributed by atoms with Gasteiger partial charge in [-0.25, -0.2) is 9.59 Å². The molecule has 0 saturated heterocycles. The Labute approximate surface area is 159 Å². The summed E-state index contributed by atoms with van der Waals surface area (Å²) in [6, 6.07) is 9.09. The fraction of sp³-hybridized carbons (Fsp3) is 0.391. The molecule has 4 atom stereocenters. The molecule has 0 fully saturated rings. The molecule has 27 heavy (non-hydrogen) atoms. The van der Waals surface area contributed by atoms with E-state index in [0.29, 0.717) is 23.3 Å². The summed E-state index contributed by atoms with van der Waals surface area (Å²) in [4.78, 5) is 24.6. The van der Waals surface area contributed by atoms with Crippen molar-refractivity contribution in [2.24, 2.45) is 17.3 Å². The Morgan fingerprint density at radius 3 is 2.63 bits per heavy atom. The average Bonchev–Trinajstić information content (AvgIpc) is 2.95. The lowest BCUT2D eigenvalue weighted by molar-refractivity contribution is -0.133. The number of ether oxygens (including phenoxy) is 2. The first kappa shape index (κ1) is 17.8. The normalized spacial score (nSPS) is 32.1. The molecule has 1 aromatic rings. The van der Waals surface area contributed by atoms with E-state index < -0.39 is 0 Å². The van der Waals surface area contributed by atoms with Crippen LogP contribution in [0.15, 0.2) is 65.0 Å². The first-order valence-corrected chi connectivity index (χ1v) is 9.45. The highest BCUT2D eigenvalue weighted by atomic mass is 16.5. The lowest BCUT2D eigenvalue weighted by Gasteiger charge is -2.50. The van der Waals surface area contributed by atoms with Crippen molar-refractivity contribution in [3.05, 3.63) is 70.5 Å². The zero-order valence-corrected chi connectivity index (χ0v) is 16.1. The number of esters is 2. The fourth-order valence-corrected chi connectivity index (χ4v) is 4.72. The number of fused-ring (bicyclic) bond motifs is 2. The van der Waals surface area contributed by atoms with E-state index in [1.165, 1.54) is 0 Å². The summed E-state index contributed by atoms with van der Waals surface area (Å²) in [5, 5.41) is 0. The highest BCUT2D eigenvalue weighted by Gasteiger charge is 2.52. The second kappa shape index (κ2) is 6.22. The van der Waals surface area contributed by atoms with Crippen LogP contribution in [0.1, 0.15) is 44.5 Å². The molecule has 1 aliphatic heterocycles. The van der Waals surface area contributed by atoms with Crippen molar-refractivity contribution < 1.29 is 19.1 Å². The van der Waals surface area contributed by atoms with Crippen LogP contribution in [0.5, 0.6) is 0 Å². The van der Waals surface area contributed by atoms with Crippen LogP contribution >= 0.6 is 0 Å². The summed E-state index contributed by atoms with van der Waals surface area (Å²) in [6.45, 7) is 8.30. The highest BCUT2D eigenvalue weighted by Crippen LogP contribution is 2.57. The van der Waals surface area contributed by atoms with E-state index in [1.807, 2.05) is 31.2 Å². The smallest absolute Gasteiger partial charge is 0.339 e. The van der Waals surface area contributed by atoms with Gasteiger partial charge in [-0.2, -0.15) is 0 Å². The van der Waals surface area contributed by atoms with Crippen molar-refractivity contribution in [2.45, 2.75) is 40.2 Å². The average molecular weight is 364 g/mol. The molecule has 4 heteroatoms. The van der Waals surface area contributed by atoms with Crippen molar-refractivity contribution in [2.75, 3.05) is 0 Å². The van der Waals surface area contributed by atoms with Gasteiger partial charge in [0.15, 0.2) is 0 Å². The van der Waals surface area contributed by atoms with E-state index in [-0.39, 0.29) is 35.3 Å². The van der Waals surface area contributed by atoms with Gasteiger partial charge in [-0.15, -0.1) is 0 Å². The monoisotopic (exact) mass is 364 g/mol. The van der Waals surface area contributed by atoms with Crippen molar-refractivity contribution in [1.82, 2.24) is 0 Å². The Balaban J connectivity index is 1.66. The number of carbonyl (C=O) groups excluding carboxylic acids is 2. The van der Waals surface area contributed by atoms with Gasteiger partial charge in [0.2, 0.25) is 0 Å². The molecule has 0 spiro atoms. The van der Waals surface area contributed by atoms with Crippen LogP contribution in [0.25, 0.3) is 0 Å². The second-order valence-corrected chi connectivity index (χ2v) is 7.93. The Hall–Kier alpha value is -2.62. The van der Waals surface area contributed by atoms with E-state index in [0.717, 1.165) is 11.1 Å². The minimum atomic E-state index is -0.289. The molecule has 4 rings (SSSR count). The van der Waals surface area contributed by atoms with Crippen LogP contribution in [0.3, 0.4) is 0 Å². The van der Waals surface area contributed by atoms with Gasteiger partial charge in [-0.05, 0) is 36.6 Å². The van der Waals surface area contributed by atoms with Crippen molar-refractivity contribution in [1.29, 1.82) is 0 Å². The predicted molar refractivity (Wildman–Crippen MR) is 102 cm³/mol. The Bertz CT molecular complexity index is 906. The van der Waals surface area contributed by atoms with Crippen LogP contribution in [0.4, 0.5) is 0 Å². The summed E-state index contributed by atoms with van der Waals surface area (Å²) in [7, 11) is 0. The third-order valence-electron chi connectivity index (χ3n) is 6.76. The molecule has 1 heterocycles. The van der Waals surface area contributed by atoms with Gasteiger partial charge in [-0.3, -0.25) is 0 Å². The fourth-order valence-electron chi connectivity index (χ4n) is 4.72. The molecular weight excluding hydrogens is 340 g/mol. The lowest BCUT2D eigenvalue weighted by atomic mass is 9.55. The maximum Gasteiger partial charge on any atom is 0.339 e. The quantitative estimate of drug-likeness (QED) is 0.720. The molecule has 1 aromatic carbocycles. The number of hydrogen-bond donors (Lipinski definition) is 0. The largest absolute Gasteiger partial charge is 0.458 e. The van der Waals surface area contributed by atoms with Gasteiger partial charge in [0.25, 0.3) is 0 Å². The molecule has 140 valence electrons. The predicted octanol–water partition coefficient (Wildman–Crippen LogP) is 4.59. The zero-order chi connectivity index (χ0) is 19.3. The highest BCUT2D eigenvalue weighted by molar-refractivity contribution is 5.94. The molecule has 0 aromatic heterocycles. The van der Waals surface area contributed by atoms with Gasteiger partial charge in [-0.1, -0.05) is 45.0 Å². The van der Waals surface area contributed by atoms with Gasteiger partial charge in [0.1, 0.15) is 11.9 Å². The number of benzene rings is 1. The van der Waals surface area contributed by atoms with Gasteiger partial charge in [0.05, 0.1) is 5.56 Å². The van der Waals surface area contributed by atoms with E-state index in [2.05, 4.69) is 26.8 Å². The molecule has 3 aliphatic rings. The summed E-state index contributed by atoms with van der Waals surface area (Å²) in [6.07, 6.45) is 4.58. The number of allylic oxidation sites excluding steroid dienone is 3. The summed E-state index contributed by atoms with van der Waals surface area (Å²) in [5.41, 5.74) is 3.17. The topological polar surface area (TPSA) is 52.6 Å². The van der Waals surface area contributed by atoms with Gasteiger partial charge >= 0.3 is 11.9 Å². The molecule has 0 radical (unpaired) electrons. The second-order valence-electron chi connectivity index (χ2n) is 7.93. The number of hydrogen-bond acceptors (Lipinski definition) is 4. The van der Waals surface area contributed by atoms with Gasteiger partial charge < -0.3 is 9.47 Å². The van der Waals surface area contributed by atoms with Crippen LogP contribution in [0.2, 0.25) is 0 Å². The van der Waals surface area contributed by atoms with Crippen LogP contribution in [-0.4, -0.2) is 18.0 Å². The molecule has 0 saturated carbocycles. The van der Waals surface area contributed by atoms with E-state index in [4.69, 9.17) is 9.47 Å². The lowest BCUT2D eigenvalue weighted by Crippen LogP contribution is -2.46. The van der Waals surface area contributed by atoms with Gasteiger partial charge in [0, 0.05) is 28.9 Å². The van der Waals surface area contributed by atoms with Crippen molar-refractivity contribution in [3.8, 4) is 0 Å². The SMILES string of the molecule is CC1=C2C(=CC3=CC[C@H](OC(=O)c4ccccc4)[C@H](C)[C@@]3(C)[C@H]2C)OC1=O. The van der Waals surface area contributed by atoms with E-state index in [1.54, 1.807) is 12.1 Å². The Kier molecular flexibility index (Phi) is 4.10. The third kappa shape index (κ3) is 2.58. The molecule has 0 bridgehead atoms. The number of carbonyl (C=O) groups is 2. The molecule has 4 nitrogen and oxygen atoms in total. The minimum Gasteiger partial charge on any atom is -0.458 e.